The van der Waals surface area contributed by atoms with E-state index in [1.807, 2.05) is 6.92 Å². The predicted molar refractivity (Wildman–Crippen MR) is 43.3 cm³/mol. The second-order valence-corrected chi connectivity index (χ2v) is 3.52. The van der Waals surface area contributed by atoms with Crippen molar-refractivity contribution < 1.29 is 10.2 Å². The van der Waals surface area contributed by atoms with Crippen molar-refractivity contribution >= 4 is 0 Å². The Hall–Kier alpha value is -0.120. The Morgan fingerprint density at radius 2 is 1.91 bits per heavy atom. The molecule has 0 bridgehead atoms. The molecule has 0 saturated heterocycles. The molecule has 1 fully saturated rings. The van der Waals surface area contributed by atoms with Crippen LogP contribution in [0.4, 0.5) is 0 Å². The monoisotopic (exact) mass is 159 g/mol. The van der Waals surface area contributed by atoms with Gasteiger partial charge in [-0.05, 0) is 26.7 Å². The fraction of sp³-hybridized carbons (Fsp3) is 1.00. The van der Waals surface area contributed by atoms with Crippen LogP contribution in [0.5, 0.6) is 0 Å². The zero-order valence-corrected chi connectivity index (χ0v) is 7.12. The summed E-state index contributed by atoms with van der Waals surface area (Å²) in [4.78, 5) is 0. The summed E-state index contributed by atoms with van der Waals surface area (Å²) in [6, 6.07) is 0.544. The maximum absolute atomic E-state index is 9.13. The topological polar surface area (TPSA) is 52.5 Å². The summed E-state index contributed by atoms with van der Waals surface area (Å²) in [5.74, 6) is 0. The fourth-order valence-electron chi connectivity index (χ4n) is 1.23. The van der Waals surface area contributed by atoms with Crippen LogP contribution in [0.25, 0.3) is 0 Å². The molecule has 0 aromatic carbocycles. The third-order valence-electron chi connectivity index (χ3n) is 2.34. The second kappa shape index (κ2) is 3.52. The van der Waals surface area contributed by atoms with Gasteiger partial charge in [-0.15, -0.1) is 0 Å². The summed E-state index contributed by atoms with van der Waals surface area (Å²) in [6.07, 6.45) is 1.23. The molecule has 0 heterocycles. The highest BCUT2D eigenvalue weighted by Crippen LogP contribution is 2.19. The molecule has 0 aromatic heterocycles. The van der Waals surface area contributed by atoms with Crippen molar-refractivity contribution in [3.8, 4) is 0 Å². The molecule has 66 valence electrons. The van der Waals surface area contributed by atoms with Gasteiger partial charge in [0.05, 0.1) is 12.2 Å². The first-order chi connectivity index (χ1) is 5.09. The smallest absolute Gasteiger partial charge is 0.0662 e. The van der Waals surface area contributed by atoms with Crippen molar-refractivity contribution in [2.75, 3.05) is 0 Å². The minimum atomic E-state index is -0.312. The lowest BCUT2D eigenvalue weighted by atomic mass is 9.89. The maximum Gasteiger partial charge on any atom is 0.0662 e. The zero-order chi connectivity index (χ0) is 8.43. The zero-order valence-electron chi connectivity index (χ0n) is 7.12. The largest absolute Gasteiger partial charge is 0.393 e. The van der Waals surface area contributed by atoms with Crippen LogP contribution in [-0.4, -0.2) is 34.5 Å². The van der Waals surface area contributed by atoms with E-state index in [1.165, 1.54) is 0 Å². The van der Waals surface area contributed by atoms with Gasteiger partial charge in [-0.1, -0.05) is 0 Å². The third-order valence-corrected chi connectivity index (χ3v) is 2.34. The van der Waals surface area contributed by atoms with Gasteiger partial charge in [0.25, 0.3) is 0 Å². The first-order valence-electron chi connectivity index (χ1n) is 4.21. The van der Waals surface area contributed by atoms with Crippen molar-refractivity contribution in [2.24, 2.45) is 0 Å². The minimum absolute atomic E-state index is 0.117. The molecular formula is C8H17NO2. The van der Waals surface area contributed by atoms with Crippen molar-refractivity contribution in [3.05, 3.63) is 0 Å². The number of aliphatic hydroxyl groups is 2. The van der Waals surface area contributed by atoms with Gasteiger partial charge in [-0.25, -0.2) is 0 Å². The van der Waals surface area contributed by atoms with E-state index in [4.69, 9.17) is 10.2 Å². The van der Waals surface area contributed by atoms with E-state index in [-0.39, 0.29) is 18.2 Å². The van der Waals surface area contributed by atoms with Crippen LogP contribution in [0.3, 0.4) is 0 Å². The average Bonchev–Trinajstić information content (AvgIpc) is 1.84. The average molecular weight is 159 g/mol. The molecule has 3 heteroatoms. The SMILES string of the molecule is CC(O)C(C)NC1CC(O)C1. The summed E-state index contributed by atoms with van der Waals surface area (Å²) >= 11 is 0. The minimum Gasteiger partial charge on any atom is -0.393 e. The highest BCUT2D eigenvalue weighted by Gasteiger charge is 2.28. The predicted octanol–water partition coefficient (Wildman–Crippen LogP) is -0.131. The summed E-state index contributed by atoms with van der Waals surface area (Å²) in [6.45, 7) is 3.72. The van der Waals surface area contributed by atoms with Gasteiger partial charge in [0.15, 0.2) is 0 Å². The molecule has 1 rings (SSSR count). The normalized spacial score (nSPS) is 36.0. The molecule has 0 aromatic rings. The van der Waals surface area contributed by atoms with Crippen molar-refractivity contribution in [2.45, 2.75) is 51.0 Å². The molecule has 2 atom stereocenters. The molecule has 0 amide bonds. The van der Waals surface area contributed by atoms with Crippen LogP contribution in [0.2, 0.25) is 0 Å². The number of hydrogen-bond donors (Lipinski definition) is 3. The van der Waals surface area contributed by atoms with Gasteiger partial charge in [0.2, 0.25) is 0 Å². The number of hydrogen-bond acceptors (Lipinski definition) is 3. The van der Waals surface area contributed by atoms with Crippen LogP contribution in [0, 0.1) is 0 Å². The summed E-state index contributed by atoms with van der Waals surface area (Å²) in [7, 11) is 0. The van der Waals surface area contributed by atoms with E-state index in [2.05, 4.69) is 5.32 Å². The Labute approximate surface area is 67.4 Å². The summed E-state index contributed by atoms with van der Waals surface area (Å²) in [5, 5.41) is 21.3. The van der Waals surface area contributed by atoms with E-state index < -0.39 is 0 Å². The van der Waals surface area contributed by atoms with Gasteiger partial charge in [-0.3, -0.25) is 0 Å². The molecule has 1 aliphatic rings. The Morgan fingerprint density at radius 1 is 1.36 bits per heavy atom. The first-order valence-corrected chi connectivity index (χ1v) is 4.21. The lowest BCUT2D eigenvalue weighted by Crippen LogP contribution is -2.50. The van der Waals surface area contributed by atoms with Crippen LogP contribution >= 0.6 is 0 Å². The van der Waals surface area contributed by atoms with Crippen LogP contribution < -0.4 is 5.32 Å². The molecular weight excluding hydrogens is 142 g/mol. The molecule has 0 aliphatic heterocycles. The maximum atomic E-state index is 9.13. The fourth-order valence-corrected chi connectivity index (χ4v) is 1.23. The lowest BCUT2D eigenvalue weighted by Gasteiger charge is -2.35. The Morgan fingerprint density at radius 3 is 2.27 bits per heavy atom. The number of aliphatic hydroxyl groups excluding tert-OH is 2. The van der Waals surface area contributed by atoms with Gasteiger partial charge in [0, 0.05) is 12.1 Å². The molecule has 11 heavy (non-hydrogen) atoms. The van der Waals surface area contributed by atoms with Crippen LogP contribution in [-0.2, 0) is 0 Å². The van der Waals surface area contributed by atoms with E-state index in [0.717, 1.165) is 12.8 Å². The first kappa shape index (κ1) is 8.97. The second-order valence-electron chi connectivity index (χ2n) is 3.52. The molecule has 3 N–H and O–H groups in total. The highest BCUT2D eigenvalue weighted by molar-refractivity contribution is 4.87. The molecule has 2 unspecified atom stereocenters. The molecule has 3 nitrogen and oxygen atoms in total. The van der Waals surface area contributed by atoms with Gasteiger partial charge in [0.1, 0.15) is 0 Å². The molecule has 1 aliphatic carbocycles. The third kappa shape index (κ3) is 2.43. The summed E-state index contributed by atoms with van der Waals surface area (Å²) < 4.78 is 0. The van der Waals surface area contributed by atoms with Crippen molar-refractivity contribution in [1.29, 1.82) is 0 Å². The van der Waals surface area contributed by atoms with E-state index in [9.17, 15) is 0 Å². The van der Waals surface area contributed by atoms with E-state index in [0.29, 0.717) is 6.04 Å². The van der Waals surface area contributed by atoms with Crippen LogP contribution in [0.15, 0.2) is 0 Å². The Bertz CT molecular complexity index is 121. The van der Waals surface area contributed by atoms with Crippen molar-refractivity contribution in [1.82, 2.24) is 5.32 Å². The van der Waals surface area contributed by atoms with Gasteiger partial charge < -0.3 is 15.5 Å². The van der Waals surface area contributed by atoms with Gasteiger partial charge in [-0.2, -0.15) is 0 Å². The quantitative estimate of drug-likeness (QED) is 0.537. The lowest BCUT2D eigenvalue weighted by molar-refractivity contribution is 0.0463. The van der Waals surface area contributed by atoms with Crippen LogP contribution in [0.1, 0.15) is 26.7 Å². The Kier molecular flexibility index (Phi) is 2.87. The van der Waals surface area contributed by atoms with Gasteiger partial charge >= 0.3 is 0 Å². The molecule has 1 saturated carbocycles. The van der Waals surface area contributed by atoms with E-state index >= 15 is 0 Å². The Balaban J connectivity index is 2.11. The molecule has 0 radical (unpaired) electrons. The number of nitrogens with one attached hydrogen (secondary N) is 1. The number of rotatable bonds is 3. The highest BCUT2D eigenvalue weighted by atomic mass is 16.3. The van der Waals surface area contributed by atoms with Crippen molar-refractivity contribution in [3.63, 3.8) is 0 Å². The standard InChI is InChI=1S/C8H17NO2/c1-5(6(2)10)9-7-3-8(11)4-7/h5-11H,3-4H2,1-2H3. The summed E-state index contributed by atoms with van der Waals surface area (Å²) in [5.41, 5.74) is 0. The molecule has 0 spiro atoms. The van der Waals surface area contributed by atoms with E-state index in [1.54, 1.807) is 6.92 Å².